The second kappa shape index (κ2) is 5.77. The summed E-state index contributed by atoms with van der Waals surface area (Å²) in [7, 11) is 0. The maximum Gasteiger partial charge on any atom is 0.360 e. The number of imidazole rings is 1. The van der Waals surface area contributed by atoms with Gasteiger partial charge in [0.15, 0.2) is 5.69 Å². The number of hydrogen-bond donors (Lipinski definition) is 1. The van der Waals surface area contributed by atoms with Crippen LogP contribution in [-0.2, 0) is 17.7 Å². The van der Waals surface area contributed by atoms with Gasteiger partial charge in [-0.15, -0.1) is 0 Å². The summed E-state index contributed by atoms with van der Waals surface area (Å²) in [5.74, 6) is 1.71. The third-order valence-corrected chi connectivity index (χ3v) is 2.83. The van der Waals surface area contributed by atoms with Crippen molar-refractivity contribution in [3.05, 3.63) is 29.4 Å². The summed E-state index contributed by atoms with van der Waals surface area (Å²) in [4.78, 5) is 20.2. The Morgan fingerprint density at radius 3 is 2.80 bits per heavy atom. The molecule has 0 fully saturated rings. The van der Waals surface area contributed by atoms with Gasteiger partial charge >= 0.3 is 5.97 Å². The maximum atomic E-state index is 11.8. The standard InChI is InChI=1S/C13H18N4O3/c1-4-9-16-11(13(18)19-5-2)12(14)17(9)7-10-15-6-8(3)20-10/h6H,4-5,7,14H2,1-3H3. The van der Waals surface area contributed by atoms with Crippen LogP contribution in [0.15, 0.2) is 10.6 Å². The van der Waals surface area contributed by atoms with Crippen LogP contribution < -0.4 is 5.73 Å². The number of aromatic nitrogens is 3. The normalized spacial score (nSPS) is 10.8. The van der Waals surface area contributed by atoms with E-state index < -0.39 is 5.97 Å². The molecule has 0 radical (unpaired) electrons. The Labute approximate surface area is 116 Å². The summed E-state index contributed by atoms with van der Waals surface area (Å²) >= 11 is 0. The number of nitrogens with zero attached hydrogens (tertiary/aromatic N) is 3. The molecule has 0 saturated heterocycles. The summed E-state index contributed by atoms with van der Waals surface area (Å²) in [6.45, 7) is 6.12. The number of nitrogen functional groups attached to an aromatic ring is 1. The van der Waals surface area contributed by atoms with Crippen LogP contribution in [0.2, 0.25) is 0 Å². The van der Waals surface area contributed by atoms with Gasteiger partial charge in [0.1, 0.15) is 23.9 Å². The fraction of sp³-hybridized carbons (Fsp3) is 0.462. The van der Waals surface area contributed by atoms with Crippen molar-refractivity contribution in [1.29, 1.82) is 0 Å². The minimum Gasteiger partial charge on any atom is -0.461 e. The Hall–Kier alpha value is -2.31. The lowest BCUT2D eigenvalue weighted by molar-refractivity contribution is 0.0521. The van der Waals surface area contributed by atoms with Gasteiger partial charge in [0, 0.05) is 6.42 Å². The molecule has 0 aliphatic rings. The summed E-state index contributed by atoms with van der Waals surface area (Å²) in [6.07, 6.45) is 2.28. The van der Waals surface area contributed by atoms with Gasteiger partial charge in [-0.25, -0.2) is 14.8 Å². The van der Waals surface area contributed by atoms with E-state index in [1.54, 1.807) is 17.7 Å². The quantitative estimate of drug-likeness (QED) is 0.833. The van der Waals surface area contributed by atoms with Crippen LogP contribution in [0.5, 0.6) is 0 Å². The minimum absolute atomic E-state index is 0.145. The number of nitrogens with two attached hydrogens (primary N) is 1. The van der Waals surface area contributed by atoms with Crippen molar-refractivity contribution in [3.8, 4) is 0 Å². The largest absolute Gasteiger partial charge is 0.461 e. The highest BCUT2D eigenvalue weighted by Crippen LogP contribution is 2.18. The smallest absolute Gasteiger partial charge is 0.360 e. The lowest BCUT2D eigenvalue weighted by Crippen LogP contribution is -2.11. The molecule has 0 aliphatic carbocycles. The van der Waals surface area contributed by atoms with Crippen LogP contribution in [0.4, 0.5) is 5.82 Å². The molecule has 7 nitrogen and oxygen atoms in total. The molecule has 2 heterocycles. The number of hydrogen-bond acceptors (Lipinski definition) is 6. The summed E-state index contributed by atoms with van der Waals surface area (Å²) in [6, 6.07) is 0. The second-order valence-electron chi connectivity index (χ2n) is 4.29. The number of carbonyl (C=O) groups is 1. The Morgan fingerprint density at radius 2 is 2.25 bits per heavy atom. The van der Waals surface area contributed by atoms with Gasteiger partial charge in [0.2, 0.25) is 5.89 Å². The minimum atomic E-state index is -0.512. The molecule has 0 unspecified atom stereocenters. The van der Waals surface area contributed by atoms with Gasteiger partial charge in [0.25, 0.3) is 0 Å². The molecular weight excluding hydrogens is 260 g/mol. The lowest BCUT2D eigenvalue weighted by Gasteiger charge is -2.06. The van der Waals surface area contributed by atoms with Crippen LogP contribution in [-0.4, -0.2) is 27.1 Å². The first-order valence-electron chi connectivity index (χ1n) is 6.50. The molecule has 0 aliphatic heterocycles. The molecular formula is C13H18N4O3. The van der Waals surface area contributed by atoms with E-state index in [4.69, 9.17) is 14.9 Å². The molecule has 2 aromatic heterocycles. The molecule has 2 N–H and O–H groups in total. The van der Waals surface area contributed by atoms with E-state index in [9.17, 15) is 4.79 Å². The molecule has 0 amide bonds. The van der Waals surface area contributed by atoms with Gasteiger partial charge in [-0.3, -0.25) is 0 Å². The molecule has 0 spiro atoms. The lowest BCUT2D eigenvalue weighted by atomic mass is 10.4. The van der Waals surface area contributed by atoms with Crippen molar-refractivity contribution in [2.24, 2.45) is 0 Å². The number of esters is 1. The fourth-order valence-corrected chi connectivity index (χ4v) is 1.92. The SMILES string of the molecule is CCOC(=O)c1nc(CC)n(Cc2ncc(C)o2)c1N. The highest BCUT2D eigenvalue weighted by Gasteiger charge is 2.21. The Balaban J connectivity index is 2.34. The second-order valence-corrected chi connectivity index (χ2v) is 4.29. The molecule has 2 aromatic rings. The topological polar surface area (TPSA) is 96.2 Å². The zero-order valence-electron chi connectivity index (χ0n) is 11.8. The first-order valence-corrected chi connectivity index (χ1v) is 6.50. The van der Waals surface area contributed by atoms with E-state index in [2.05, 4.69) is 9.97 Å². The van der Waals surface area contributed by atoms with E-state index in [0.29, 0.717) is 24.7 Å². The number of aryl methyl sites for hydroxylation is 2. The number of carbonyl (C=O) groups excluding carboxylic acids is 1. The molecule has 2 rings (SSSR count). The third-order valence-electron chi connectivity index (χ3n) is 2.83. The molecule has 0 bridgehead atoms. The third kappa shape index (κ3) is 2.66. The van der Waals surface area contributed by atoms with Crippen molar-refractivity contribution < 1.29 is 13.9 Å². The van der Waals surface area contributed by atoms with Crippen LogP contribution in [0.1, 0.15) is 41.8 Å². The molecule has 0 atom stereocenters. The first kappa shape index (κ1) is 14.1. The van der Waals surface area contributed by atoms with Gasteiger partial charge in [0.05, 0.1) is 12.8 Å². The van der Waals surface area contributed by atoms with E-state index in [0.717, 1.165) is 5.76 Å². The van der Waals surface area contributed by atoms with Crippen molar-refractivity contribution in [2.75, 3.05) is 12.3 Å². The predicted octanol–water partition coefficient (Wildman–Crippen LogP) is 1.55. The maximum absolute atomic E-state index is 11.8. The predicted molar refractivity (Wildman–Crippen MR) is 72.3 cm³/mol. The monoisotopic (exact) mass is 278 g/mol. The zero-order valence-corrected chi connectivity index (χ0v) is 11.8. The highest BCUT2D eigenvalue weighted by molar-refractivity contribution is 5.92. The van der Waals surface area contributed by atoms with E-state index in [1.165, 1.54) is 0 Å². The highest BCUT2D eigenvalue weighted by atomic mass is 16.5. The van der Waals surface area contributed by atoms with Crippen molar-refractivity contribution in [2.45, 2.75) is 33.7 Å². The van der Waals surface area contributed by atoms with E-state index in [-0.39, 0.29) is 18.1 Å². The molecule has 0 saturated carbocycles. The number of rotatable bonds is 5. The fourth-order valence-electron chi connectivity index (χ4n) is 1.92. The Kier molecular flexibility index (Phi) is 4.07. The van der Waals surface area contributed by atoms with Gasteiger partial charge in [-0.1, -0.05) is 6.92 Å². The molecule has 7 heteroatoms. The van der Waals surface area contributed by atoms with Crippen LogP contribution in [0, 0.1) is 6.92 Å². The van der Waals surface area contributed by atoms with Crippen LogP contribution in [0.25, 0.3) is 0 Å². The van der Waals surface area contributed by atoms with Crippen LogP contribution in [0.3, 0.4) is 0 Å². The zero-order chi connectivity index (χ0) is 14.7. The van der Waals surface area contributed by atoms with Gasteiger partial charge in [-0.2, -0.15) is 0 Å². The Morgan fingerprint density at radius 1 is 1.50 bits per heavy atom. The van der Waals surface area contributed by atoms with E-state index in [1.807, 2.05) is 13.8 Å². The van der Waals surface area contributed by atoms with Gasteiger partial charge in [-0.05, 0) is 13.8 Å². The average molecular weight is 278 g/mol. The van der Waals surface area contributed by atoms with Crippen LogP contribution >= 0.6 is 0 Å². The molecule has 20 heavy (non-hydrogen) atoms. The van der Waals surface area contributed by atoms with Crippen molar-refractivity contribution in [3.63, 3.8) is 0 Å². The molecule has 0 aromatic carbocycles. The van der Waals surface area contributed by atoms with Crippen molar-refractivity contribution in [1.82, 2.24) is 14.5 Å². The summed E-state index contributed by atoms with van der Waals surface area (Å²) in [5.41, 5.74) is 6.14. The van der Waals surface area contributed by atoms with Gasteiger partial charge < -0.3 is 19.5 Å². The Bertz CT molecular complexity index is 615. The summed E-state index contributed by atoms with van der Waals surface area (Å²) in [5, 5.41) is 0. The van der Waals surface area contributed by atoms with Crippen molar-refractivity contribution >= 4 is 11.8 Å². The number of anilines is 1. The summed E-state index contributed by atoms with van der Waals surface area (Å²) < 4.78 is 12.1. The first-order chi connectivity index (χ1) is 9.56. The average Bonchev–Trinajstić information content (AvgIpc) is 2.96. The van der Waals surface area contributed by atoms with E-state index >= 15 is 0 Å². The number of ether oxygens (including phenoxy) is 1. The molecule has 108 valence electrons. The number of oxazole rings is 1.